The first-order valence-electron chi connectivity index (χ1n) is 6.31. The van der Waals surface area contributed by atoms with E-state index in [4.69, 9.17) is 11.2 Å². The molecule has 1 amide bonds. The van der Waals surface area contributed by atoms with Gasteiger partial charge in [-0.1, -0.05) is 24.6 Å². The Morgan fingerprint density at radius 2 is 2.26 bits per heavy atom. The Labute approximate surface area is 113 Å². The Morgan fingerprint density at radius 3 is 2.89 bits per heavy atom. The van der Waals surface area contributed by atoms with Crippen molar-refractivity contribution in [1.29, 1.82) is 0 Å². The normalized spacial score (nSPS) is 18.1. The van der Waals surface area contributed by atoms with Gasteiger partial charge >= 0.3 is 0 Å². The third-order valence-electron chi connectivity index (χ3n) is 3.24. The van der Waals surface area contributed by atoms with Crippen molar-refractivity contribution in [2.24, 2.45) is 0 Å². The standard InChI is InChI=1S/C16H17NO2/c1-3-13-5-7-14(8-6-13)12-19-15-9-10-17(11-15)16(18)4-2/h1,4-8,15H,2,9-12H2. The lowest BCUT2D eigenvalue weighted by molar-refractivity contribution is -0.125. The molecular formula is C16H17NO2. The molecule has 1 aliphatic heterocycles. The Hall–Kier alpha value is -2.05. The molecule has 1 aromatic carbocycles. The molecule has 1 heterocycles. The van der Waals surface area contributed by atoms with Crippen molar-refractivity contribution in [2.75, 3.05) is 13.1 Å². The molecule has 1 saturated heterocycles. The van der Waals surface area contributed by atoms with Crippen LogP contribution in [0.25, 0.3) is 0 Å². The van der Waals surface area contributed by atoms with E-state index in [1.165, 1.54) is 6.08 Å². The smallest absolute Gasteiger partial charge is 0.246 e. The molecule has 0 aliphatic carbocycles. The molecule has 1 aromatic rings. The maximum atomic E-state index is 11.4. The second-order valence-electron chi connectivity index (χ2n) is 4.55. The van der Waals surface area contributed by atoms with Crippen LogP contribution in [0.1, 0.15) is 17.5 Å². The number of carbonyl (C=O) groups excluding carboxylic acids is 1. The molecule has 3 heteroatoms. The molecule has 19 heavy (non-hydrogen) atoms. The number of benzene rings is 1. The molecule has 0 bridgehead atoms. The third kappa shape index (κ3) is 3.46. The van der Waals surface area contributed by atoms with Gasteiger partial charge in [0.05, 0.1) is 12.7 Å². The quantitative estimate of drug-likeness (QED) is 0.608. The number of rotatable bonds is 4. The van der Waals surface area contributed by atoms with Gasteiger partial charge in [0.25, 0.3) is 0 Å². The van der Waals surface area contributed by atoms with Crippen LogP contribution in [0.15, 0.2) is 36.9 Å². The summed E-state index contributed by atoms with van der Waals surface area (Å²) >= 11 is 0. The maximum absolute atomic E-state index is 11.4. The third-order valence-corrected chi connectivity index (χ3v) is 3.24. The van der Waals surface area contributed by atoms with Gasteiger partial charge in [-0.05, 0) is 30.2 Å². The van der Waals surface area contributed by atoms with Crippen LogP contribution in [0.5, 0.6) is 0 Å². The first-order valence-corrected chi connectivity index (χ1v) is 6.31. The van der Waals surface area contributed by atoms with Crippen molar-refractivity contribution in [3.63, 3.8) is 0 Å². The van der Waals surface area contributed by atoms with Crippen LogP contribution >= 0.6 is 0 Å². The van der Waals surface area contributed by atoms with Gasteiger partial charge < -0.3 is 9.64 Å². The Balaban J connectivity index is 1.81. The van der Waals surface area contributed by atoms with E-state index >= 15 is 0 Å². The number of amides is 1. The summed E-state index contributed by atoms with van der Waals surface area (Å²) in [5.74, 6) is 2.56. The highest BCUT2D eigenvalue weighted by atomic mass is 16.5. The first-order chi connectivity index (χ1) is 9.22. The van der Waals surface area contributed by atoms with Gasteiger partial charge in [-0.15, -0.1) is 6.42 Å². The van der Waals surface area contributed by atoms with E-state index < -0.39 is 0 Å². The lowest BCUT2D eigenvalue weighted by atomic mass is 10.1. The van der Waals surface area contributed by atoms with Crippen LogP contribution in [0.2, 0.25) is 0 Å². The molecule has 1 atom stereocenters. The Bertz CT molecular complexity index is 498. The number of hydrogen-bond acceptors (Lipinski definition) is 2. The van der Waals surface area contributed by atoms with Crippen molar-refractivity contribution in [2.45, 2.75) is 19.1 Å². The topological polar surface area (TPSA) is 29.5 Å². The molecule has 98 valence electrons. The highest BCUT2D eigenvalue weighted by Gasteiger charge is 2.25. The number of nitrogens with zero attached hydrogens (tertiary/aromatic N) is 1. The summed E-state index contributed by atoms with van der Waals surface area (Å²) in [5.41, 5.74) is 1.96. The van der Waals surface area contributed by atoms with E-state index in [9.17, 15) is 4.79 Å². The van der Waals surface area contributed by atoms with Crippen molar-refractivity contribution in [1.82, 2.24) is 4.90 Å². The van der Waals surface area contributed by atoms with Crippen LogP contribution in [-0.2, 0) is 16.1 Å². The zero-order valence-corrected chi connectivity index (χ0v) is 10.8. The SMILES string of the molecule is C#Cc1ccc(COC2CCN(C(=O)C=C)C2)cc1. The van der Waals surface area contributed by atoms with E-state index in [1.807, 2.05) is 24.3 Å². The molecule has 1 aliphatic rings. The molecule has 1 unspecified atom stereocenters. The van der Waals surface area contributed by atoms with Gasteiger partial charge in [-0.25, -0.2) is 0 Å². The van der Waals surface area contributed by atoms with Gasteiger partial charge in [0.15, 0.2) is 0 Å². The predicted octanol–water partition coefficient (Wildman–Crippen LogP) is 1.97. The molecule has 2 rings (SSSR count). The maximum Gasteiger partial charge on any atom is 0.246 e. The van der Waals surface area contributed by atoms with Gasteiger partial charge in [-0.3, -0.25) is 4.79 Å². The second-order valence-corrected chi connectivity index (χ2v) is 4.55. The molecule has 0 radical (unpaired) electrons. The summed E-state index contributed by atoms with van der Waals surface area (Å²) in [4.78, 5) is 13.2. The summed E-state index contributed by atoms with van der Waals surface area (Å²) < 4.78 is 5.81. The lowest BCUT2D eigenvalue weighted by Crippen LogP contribution is -2.28. The van der Waals surface area contributed by atoms with Gasteiger partial charge in [0.1, 0.15) is 0 Å². The molecular weight excluding hydrogens is 238 g/mol. The summed E-state index contributed by atoms with van der Waals surface area (Å²) in [6.07, 6.45) is 7.64. The average molecular weight is 255 g/mol. The molecule has 3 nitrogen and oxygen atoms in total. The van der Waals surface area contributed by atoms with Gasteiger partial charge in [0, 0.05) is 18.7 Å². The monoisotopic (exact) mass is 255 g/mol. The van der Waals surface area contributed by atoms with E-state index in [1.54, 1.807) is 4.90 Å². The summed E-state index contributed by atoms with van der Waals surface area (Å²) in [6, 6.07) is 7.75. The predicted molar refractivity (Wildman–Crippen MR) is 74.3 cm³/mol. The van der Waals surface area contributed by atoms with Gasteiger partial charge in [0.2, 0.25) is 5.91 Å². The summed E-state index contributed by atoms with van der Waals surface area (Å²) in [6.45, 7) is 5.43. The highest BCUT2D eigenvalue weighted by Crippen LogP contribution is 2.15. The molecule has 0 N–H and O–H groups in total. The van der Waals surface area contributed by atoms with E-state index in [0.717, 1.165) is 24.1 Å². The first kappa shape index (κ1) is 13.4. The molecule has 0 aromatic heterocycles. The van der Waals surface area contributed by atoms with Crippen molar-refractivity contribution >= 4 is 5.91 Å². The van der Waals surface area contributed by atoms with Crippen molar-refractivity contribution < 1.29 is 9.53 Å². The summed E-state index contributed by atoms with van der Waals surface area (Å²) in [7, 11) is 0. The minimum atomic E-state index is -0.0236. The fraction of sp³-hybridized carbons (Fsp3) is 0.312. The van der Waals surface area contributed by atoms with Crippen LogP contribution in [0.4, 0.5) is 0 Å². The fourth-order valence-corrected chi connectivity index (χ4v) is 2.10. The second kappa shape index (κ2) is 6.21. The van der Waals surface area contributed by atoms with Gasteiger partial charge in [-0.2, -0.15) is 0 Å². The summed E-state index contributed by atoms with van der Waals surface area (Å²) in [5, 5.41) is 0. The van der Waals surface area contributed by atoms with Crippen LogP contribution < -0.4 is 0 Å². The molecule has 0 saturated carbocycles. The van der Waals surface area contributed by atoms with Crippen LogP contribution in [0.3, 0.4) is 0 Å². The number of terminal acetylenes is 1. The Kier molecular flexibility index (Phi) is 4.38. The Morgan fingerprint density at radius 1 is 1.53 bits per heavy atom. The zero-order chi connectivity index (χ0) is 13.7. The number of likely N-dealkylation sites (tertiary alicyclic amines) is 1. The van der Waals surface area contributed by atoms with Crippen molar-refractivity contribution in [3.05, 3.63) is 48.0 Å². The fourth-order valence-electron chi connectivity index (χ4n) is 2.10. The minimum absolute atomic E-state index is 0.0236. The lowest BCUT2D eigenvalue weighted by Gasteiger charge is -2.14. The number of hydrogen-bond donors (Lipinski definition) is 0. The largest absolute Gasteiger partial charge is 0.372 e. The number of carbonyl (C=O) groups is 1. The average Bonchev–Trinajstić information content (AvgIpc) is 2.93. The molecule has 0 spiro atoms. The highest BCUT2D eigenvalue weighted by molar-refractivity contribution is 5.87. The van der Waals surface area contributed by atoms with Crippen molar-refractivity contribution in [3.8, 4) is 12.3 Å². The number of ether oxygens (including phenoxy) is 1. The zero-order valence-electron chi connectivity index (χ0n) is 10.8. The van der Waals surface area contributed by atoms with E-state index in [-0.39, 0.29) is 12.0 Å². The molecule has 1 fully saturated rings. The minimum Gasteiger partial charge on any atom is -0.372 e. The van der Waals surface area contributed by atoms with Crippen LogP contribution in [-0.4, -0.2) is 30.0 Å². The van der Waals surface area contributed by atoms with Crippen LogP contribution in [0, 0.1) is 12.3 Å². The van der Waals surface area contributed by atoms with E-state index in [2.05, 4.69) is 12.5 Å². The van der Waals surface area contributed by atoms with E-state index in [0.29, 0.717) is 13.2 Å².